The van der Waals surface area contributed by atoms with Crippen molar-refractivity contribution in [3.05, 3.63) is 47.2 Å². The van der Waals surface area contributed by atoms with Gasteiger partial charge in [0.25, 0.3) is 0 Å². The second kappa shape index (κ2) is 5.04. The molecule has 0 aliphatic carbocycles. The Kier molecular flexibility index (Phi) is 3.46. The van der Waals surface area contributed by atoms with E-state index in [-0.39, 0.29) is 23.5 Å². The van der Waals surface area contributed by atoms with Gasteiger partial charge in [0.15, 0.2) is 17.6 Å². The summed E-state index contributed by atoms with van der Waals surface area (Å²) in [6.07, 6.45) is 0.0109. The van der Waals surface area contributed by atoms with Crippen molar-refractivity contribution in [1.82, 2.24) is 0 Å². The molecule has 0 radical (unpaired) electrons. The van der Waals surface area contributed by atoms with E-state index in [4.69, 9.17) is 4.74 Å². The molecule has 1 aromatic rings. The largest absolute Gasteiger partial charge is 0.507 e. The first-order valence-electron chi connectivity index (χ1n) is 5.81. The lowest BCUT2D eigenvalue weighted by molar-refractivity contribution is -0.140. The highest BCUT2D eigenvalue weighted by Crippen LogP contribution is 2.22. The van der Waals surface area contributed by atoms with Gasteiger partial charge in [0.05, 0.1) is 0 Å². The third-order valence-electron chi connectivity index (χ3n) is 2.89. The van der Waals surface area contributed by atoms with E-state index in [0.717, 1.165) is 5.56 Å². The summed E-state index contributed by atoms with van der Waals surface area (Å²) in [7, 11) is 0. The Morgan fingerprint density at radius 2 is 2.00 bits per heavy atom. The number of aryl methyl sites for hydroxylation is 1. The average Bonchev–Trinajstić information content (AvgIpc) is 2.62. The van der Waals surface area contributed by atoms with Crippen LogP contribution >= 0.6 is 0 Å². The van der Waals surface area contributed by atoms with Crippen LogP contribution in [0.2, 0.25) is 0 Å². The fraction of sp³-hybridized carbons (Fsp3) is 0.286. The summed E-state index contributed by atoms with van der Waals surface area (Å²) in [5, 5.41) is 9.61. The Hall–Kier alpha value is -2.10. The summed E-state index contributed by atoms with van der Waals surface area (Å²) in [5.41, 5.74) is 0.823. The van der Waals surface area contributed by atoms with Gasteiger partial charge in [-0.3, -0.25) is 4.79 Å². The van der Waals surface area contributed by atoms with Crippen LogP contribution in [0.25, 0.3) is 0 Å². The Bertz CT molecular complexity index is 502. The molecule has 0 fully saturated rings. The molecule has 0 aromatic heterocycles. The monoisotopic (exact) mass is 246 g/mol. The number of carbonyl (C=O) groups is 2. The summed E-state index contributed by atoms with van der Waals surface area (Å²) in [5.74, 6) is -1.35. The van der Waals surface area contributed by atoms with Crippen LogP contribution in [-0.2, 0) is 20.7 Å². The number of Topliss-reactive ketones (excluding diaryl/α,β-unsaturated/α-hetero) is 1. The molecule has 1 N–H and O–H groups in total. The lowest BCUT2D eigenvalue weighted by atomic mass is 10.0. The first-order valence-corrected chi connectivity index (χ1v) is 5.81. The highest BCUT2D eigenvalue weighted by atomic mass is 16.6. The number of ketones is 1. The number of hydrogen-bond donors (Lipinski definition) is 1. The van der Waals surface area contributed by atoms with Crippen LogP contribution < -0.4 is 0 Å². The molecule has 2 rings (SSSR count). The summed E-state index contributed by atoms with van der Waals surface area (Å²) in [6.45, 7) is 1.53. The number of cyclic esters (lactones) is 1. The van der Waals surface area contributed by atoms with Gasteiger partial charge in [-0.05, 0) is 18.9 Å². The van der Waals surface area contributed by atoms with E-state index < -0.39 is 12.1 Å². The molecule has 0 saturated heterocycles. The molecular weight excluding hydrogens is 232 g/mol. The van der Waals surface area contributed by atoms with E-state index in [9.17, 15) is 14.7 Å². The van der Waals surface area contributed by atoms with Gasteiger partial charge in [0.2, 0.25) is 0 Å². The van der Waals surface area contributed by atoms with Crippen LogP contribution in [0, 0.1) is 0 Å². The van der Waals surface area contributed by atoms with E-state index in [2.05, 4.69) is 0 Å². The topological polar surface area (TPSA) is 63.6 Å². The van der Waals surface area contributed by atoms with Crippen molar-refractivity contribution >= 4 is 11.8 Å². The smallest absolute Gasteiger partial charge is 0.346 e. The maximum atomic E-state index is 11.9. The molecule has 0 saturated carbocycles. The zero-order chi connectivity index (χ0) is 13.1. The molecule has 0 spiro atoms. The Balaban J connectivity index is 2.03. The van der Waals surface area contributed by atoms with E-state index in [1.165, 1.54) is 6.92 Å². The number of rotatable bonds is 4. The maximum Gasteiger partial charge on any atom is 0.346 e. The van der Waals surface area contributed by atoms with Gasteiger partial charge in [-0.2, -0.15) is 0 Å². The predicted octanol–water partition coefficient (Wildman–Crippen LogP) is 1.95. The normalized spacial score (nSPS) is 18.9. The van der Waals surface area contributed by atoms with Crippen LogP contribution in [0.5, 0.6) is 0 Å². The molecule has 1 aliphatic heterocycles. The fourth-order valence-electron chi connectivity index (χ4n) is 1.87. The predicted molar refractivity (Wildman–Crippen MR) is 65.0 cm³/mol. The molecule has 1 atom stereocenters. The SMILES string of the molecule is C[C@@H]1OC(=O)C(C(=O)CCc2ccccc2)=C1O. The second-order valence-corrected chi connectivity index (χ2v) is 4.22. The third-order valence-corrected chi connectivity index (χ3v) is 2.89. The number of carbonyl (C=O) groups excluding carboxylic acids is 2. The lowest BCUT2D eigenvalue weighted by Gasteiger charge is -2.00. The first kappa shape index (κ1) is 12.4. The Morgan fingerprint density at radius 1 is 1.33 bits per heavy atom. The molecule has 4 nitrogen and oxygen atoms in total. The number of hydrogen-bond acceptors (Lipinski definition) is 4. The molecule has 0 unspecified atom stereocenters. The van der Waals surface area contributed by atoms with Crippen LogP contribution in [0.3, 0.4) is 0 Å². The van der Waals surface area contributed by atoms with E-state index in [1.807, 2.05) is 30.3 Å². The van der Waals surface area contributed by atoms with Gasteiger partial charge < -0.3 is 9.84 Å². The minimum atomic E-state index is -0.724. The van der Waals surface area contributed by atoms with Crippen molar-refractivity contribution in [2.45, 2.75) is 25.9 Å². The average molecular weight is 246 g/mol. The molecule has 94 valence electrons. The second-order valence-electron chi connectivity index (χ2n) is 4.22. The Labute approximate surface area is 105 Å². The van der Waals surface area contributed by atoms with Gasteiger partial charge in [0, 0.05) is 6.42 Å². The van der Waals surface area contributed by atoms with Crippen molar-refractivity contribution < 1.29 is 19.4 Å². The Morgan fingerprint density at radius 3 is 2.56 bits per heavy atom. The van der Waals surface area contributed by atoms with Gasteiger partial charge in [-0.1, -0.05) is 30.3 Å². The number of ether oxygens (including phenoxy) is 1. The zero-order valence-electron chi connectivity index (χ0n) is 10.1. The number of esters is 1. The highest BCUT2D eigenvalue weighted by molar-refractivity contribution is 6.19. The maximum absolute atomic E-state index is 11.9. The fourth-order valence-corrected chi connectivity index (χ4v) is 1.87. The quantitative estimate of drug-likeness (QED) is 0.651. The number of benzene rings is 1. The number of aliphatic hydroxyl groups excluding tert-OH is 1. The summed E-state index contributed by atoms with van der Waals surface area (Å²) in [6, 6.07) is 9.51. The zero-order valence-corrected chi connectivity index (χ0v) is 10.1. The minimum Gasteiger partial charge on any atom is -0.507 e. The van der Waals surface area contributed by atoms with E-state index >= 15 is 0 Å². The van der Waals surface area contributed by atoms with Crippen molar-refractivity contribution in [2.24, 2.45) is 0 Å². The molecule has 0 amide bonds. The van der Waals surface area contributed by atoms with Crippen LogP contribution in [0.1, 0.15) is 18.9 Å². The molecule has 1 aliphatic rings. The van der Waals surface area contributed by atoms with Gasteiger partial charge in [0.1, 0.15) is 5.57 Å². The molecule has 1 aromatic carbocycles. The van der Waals surface area contributed by atoms with Crippen LogP contribution in [-0.4, -0.2) is 23.0 Å². The van der Waals surface area contributed by atoms with E-state index in [0.29, 0.717) is 6.42 Å². The van der Waals surface area contributed by atoms with Crippen molar-refractivity contribution in [3.63, 3.8) is 0 Å². The summed E-state index contributed by atoms with van der Waals surface area (Å²) >= 11 is 0. The third kappa shape index (κ3) is 2.42. The van der Waals surface area contributed by atoms with Gasteiger partial charge >= 0.3 is 5.97 Å². The number of aliphatic hydroxyl groups is 1. The molecule has 4 heteroatoms. The highest BCUT2D eigenvalue weighted by Gasteiger charge is 2.35. The van der Waals surface area contributed by atoms with Crippen LogP contribution in [0.4, 0.5) is 0 Å². The standard InChI is InChI=1S/C14H14O4/c1-9-13(16)12(14(17)18-9)11(15)8-7-10-5-3-2-4-6-10/h2-6,9,16H,7-8H2,1H3/t9-/m0/s1. The molecular formula is C14H14O4. The van der Waals surface area contributed by atoms with Crippen LogP contribution in [0.15, 0.2) is 41.7 Å². The molecule has 0 bridgehead atoms. The summed E-state index contributed by atoms with van der Waals surface area (Å²) < 4.78 is 4.78. The van der Waals surface area contributed by atoms with Crippen molar-refractivity contribution in [3.8, 4) is 0 Å². The van der Waals surface area contributed by atoms with Crippen molar-refractivity contribution in [2.75, 3.05) is 0 Å². The van der Waals surface area contributed by atoms with E-state index in [1.54, 1.807) is 0 Å². The molecule has 1 heterocycles. The minimum absolute atomic E-state index is 0.186. The summed E-state index contributed by atoms with van der Waals surface area (Å²) in [4.78, 5) is 23.3. The lowest BCUT2D eigenvalue weighted by Crippen LogP contribution is -2.12. The molecule has 18 heavy (non-hydrogen) atoms. The first-order chi connectivity index (χ1) is 8.59. The van der Waals surface area contributed by atoms with Crippen molar-refractivity contribution in [1.29, 1.82) is 0 Å². The van der Waals surface area contributed by atoms with Gasteiger partial charge in [-0.15, -0.1) is 0 Å². The van der Waals surface area contributed by atoms with Gasteiger partial charge in [-0.25, -0.2) is 4.79 Å².